The van der Waals surface area contributed by atoms with Crippen LogP contribution in [0.15, 0.2) is 77.0 Å². The minimum absolute atomic E-state index is 0.212. The van der Waals surface area contributed by atoms with E-state index in [2.05, 4.69) is 10.1 Å². The Labute approximate surface area is 213 Å². The van der Waals surface area contributed by atoms with Gasteiger partial charge in [-0.25, -0.2) is 4.68 Å². The molecule has 0 fully saturated rings. The topological polar surface area (TPSA) is 83.5 Å². The molecular weight excluding hydrogens is 494 g/mol. The summed E-state index contributed by atoms with van der Waals surface area (Å²) in [5.41, 5.74) is 3.02. The Bertz CT molecular complexity index is 1790. The second kappa shape index (κ2) is 9.06. The predicted octanol–water partition coefficient (Wildman–Crippen LogP) is 4.30. The van der Waals surface area contributed by atoms with Gasteiger partial charge in [0.25, 0.3) is 5.56 Å². The van der Waals surface area contributed by atoms with E-state index in [0.717, 1.165) is 21.7 Å². The first-order valence-corrected chi connectivity index (χ1v) is 12.7. The monoisotopic (exact) mass is 513 g/mol. The average Bonchev–Trinajstić information content (AvgIpc) is 3.71. The van der Waals surface area contributed by atoms with Crippen LogP contribution in [0.3, 0.4) is 0 Å². The number of methoxy groups -OCH3 is 2. The van der Waals surface area contributed by atoms with Gasteiger partial charge in [-0.15, -0.1) is 16.4 Å². The highest BCUT2D eigenvalue weighted by Crippen LogP contribution is 2.33. The van der Waals surface area contributed by atoms with Crippen LogP contribution in [0.2, 0.25) is 0 Å². The lowest BCUT2D eigenvalue weighted by molar-refractivity contribution is 0.355. The number of rotatable bonds is 6. The van der Waals surface area contributed by atoms with Gasteiger partial charge in [-0.3, -0.25) is 4.79 Å². The molecule has 0 unspecified atom stereocenters. The van der Waals surface area contributed by atoms with Crippen molar-refractivity contribution in [3.8, 4) is 39.1 Å². The second-order valence-corrected chi connectivity index (χ2v) is 9.76. The quantitative estimate of drug-likeness (QED) is 0.330. The Morgan fingerprint density at radius 1 is 0.944 bits per heavy atom. The third kappa shape index (κ3) is 3.86. The van der Waals surface area contributed by atoms with Crippen molar-refractivity contribution < 1.29 is 9.47 Å². The molecule has 0 saturated heterocycles. The molecule has 0 spiro atoms. The molecule has 178 valence electrons. The van der Waals surface area contributed by atoms with E-state index in [9.17, 15) is 4.79 Å². The number of para-hydroxylation sites is 1. The van der Waals surface area contributed by atoms with Crippen LogP contribution in [0.4, 0.5) is 0 Å². The molecule has 10 heteroatoms. The van der Waals surface area contributed by atoms with Crippen molar-refractivity contribution in [2.24, 2.45) is 0 Å². The highest BCUT2D eigenvalue weighted by atomic mass is 32.1. The highest BCUT2D eigenvalue weighted by Gasteiger charge is 2.16. The Balaban J connectivity index is 1.51. The van der Waals surface area contributed by atoms with Crippen molar-refractivity contribution in [1.29, 1.82) is 0 Å². The van der Waals surface area contributed by atoms with Crippen LogP contribution in [0.25, 0.3) is 38.7 Å². The first kappa shape index (κ1) is 22.2. The maximum absolute atomic E-state index is 13.2. The molecule has 0 aliphatic rings. The lowest BCUT2D eigenvalue weighted by atomic mass is 10.1. The van der Waals surface area contributed by atoms with E-state index in [-0.39, 0.29) is 5.56 Å². The number of ether oxygens (including phenoxy) is 2. The third-order valence-electron chi connectivity index (χ3n) is 5.63. The summed E-state index contributed by atoms with van der Waals surface area (Å²) in [5, 5.41) is 11.2. The van der Waals surface area contributed by atoms with Gasteiger partial charge in [-0.05, 0) is 47.9 Å². The molecule has 4 heterocycles. The number of nitrogens with zero attached hydrogens (tertiary/aromatic N) is 5. The summed E-state index contributed by atoms with van der Waals surface area (Å²) in [7, 11) is 3.20. The van der Waals surface area contributed by atoms with Gasteiger partial charge in [0.15, 0.2) is 17.3 Å². The normalized spacial score (nSPS) is 11.9. The van der Waals surface area contributed by atoms with Gasteiger partial charge in [0, 0.05) is 17.3 Å². The Hall–Kier alpha value is -4.28. The average molecular weight is 514 g/mol. The number of aromatic nitrogens is 5. The summed E-state index contributed by atoms with van der Waals surface area (Å²) >= 11 is 2.84. The zero-order chi connectivity index (χ0) is 24.6. The SMILES string of the molecule is COc1ccc(-c2nn(-c3ccccc3)cc2C=c2sc3nc(-c4cccs4)nn3c2=O)cc1OC. The largest absolute Gasteiger partial charge is 0.493 e. The van der Waals surface area contributed by atoms with Gasteiger partial charge in [0.2, 0.25) is 4.96 Å². The summed E-state index contributed by atoms with van der Waals surface area (Å²) in [5.74, 6) is 1.78. The van der Waals surface area contributed by atoms with Crippen molar-refractivity contribution in [3.05, 3.63) is 92.7 Å². The molecule has 6 aromatic rings. The highest BCUT2D eigenvalue weighted by molar-refractivity contribution is 7.15. The molecular formula is C26H19N5O3S2. The van der Waals surface area contributed by atoms with Crippen LogP contribution >= 0.6 is 22.7 Å². The van der Waals surface area contributed by atoms with Gasteiger partial charge in [0.1, 0.15) is 5.69 Å². The Kier molecular flexibility index (Phi) is 5.59. The van der Waals surface area contributed by atoms with Crippen molar-refractivity contribution in [1.82, 2.24) is 24.4 Å². The van der Waals surface area contributed by atoms with Crippen molar-refractivity contribution >= 4 is 33.7 Å². The van der Waals surface area contributed by atoms with E-state index in [0.29, 0.717) is 32.5 Å². The molecule has 6 rings (SSSR count). The van der Waals surface area contributed by atoms with E-state index in [4.69, 9.17) is 14.6 Å². The van der Waals surface area contributed by atoms with Crippen LogP contribution in [0.5, 0.6) is 11.5 Å². The molecule has 0 aliphatic carbocycles. The van der Waals surface area contributed by atoms with E-state index >= 15 is 0 Å². The maximum Gasteiger partial charge on any atom is 0.291 e. The van der Waals surface area contributed by atoms with Gasteiger partial charge < -0.3 is 9.47 Å². The van der Waals surface area contributed by atoms with Crippen molar-refractivity contribution in [2.75, 3.05) is 14.2 Å². The van der Waals surface area contributed by atoms with Crippen LogP contribution in [0, 0.1) is 0 Å². The number of hydrogen-bond donors (Lipinski definition) is 0. The molecule has 36 heavy (non-hydrogen) atoms. The van der Waals surface area contributed by atoms with Crippen molar-refractivity contribution in [2.45, 2.75) is 0 Å². The second-order valence-electron chi connectivity index (χ2n) is 7.81. The zero-order valence-electron chi connectivity index (χ0n) is 19.3. The lowest BCUT2D eigenvalue weighted by Crippen LogP contribution is -2.23. The zero-order valence-corrected chi connectivity index (χ0v) is 20.9. The number of benzene rings is 2. The lowest BCUT2D eigenvalue weighted by Gasteiger charge is -2.09. The number of fused-ring (bicyclic) bond motifs is 1. The molecule has 4 aromatic heterocycles. The maximum atomic E-state index is 13.2. The molecule has 0 saturated carbocycles. The van der Waals surface area contributed by atoms with E-state index < -0.39 is 0 Å². The van der Waals surface area contributed by atoms with E-state index in [1.54, 1.807) is 18.9 Å². The summed E-state index contributed by atoms with van der Waals surface area (Å²) in [6, 6.07) is 19.3. The number of thiazole rings is 1. The summed E-state index contributed by atoms with van der Waals surface area (Å²) in [6.45, 7) is 0. The summed E-state index contributed by atoms with van der Waals surface area (Å²) in [4.78, 5) is 19.2. The van der Waals surface area contributed by atoms with Gasteiger partial charge >= 0.3 is 0 Å². The molecule has 0 N–H and O–H groups in total. The van der Waals surface area contributed by atoms with Gasteiger partial charge in [-0.2, -0.15) is 14.6 Å². The van der Waals surface area contributed by atoms with Crippen LogP contribution < -0.4 is 19.6 Å². The number of thiophene rings is 1. The molecule has 0 aliphatic heterocycles. The van der Waals surface area contributed by atoms with Crippen LogP contribution in [0.1, 0.15) is 5.56 Å². The smallest absolute Gasteiger partial charge is 0.291 e. The van der Waals surface area contributed by atoms with Gasteiger partial charge in [0.05, 0.1) is 29.3 Å². The minimum Gasteiger partial charge on any atom is -0.493 e. The summed E-state index contributed by atoms with van der Waals surface area (Å²) < 4.78 is 14.6. The predicted molar refractivity (Wildman–Crippen MR) is 141 cm³/mol. The molecule has 2 aromatic carbocycles. The van der Waals surface area contributed by atoms with Crippen molar-refractivity contribution in [3.63, 3.8) is 0 Å². The van der Waals surface area contributed by atoms with E-state index in [1.807, 2.05) is 78.3 Å². The fourth-order valence-electron chi connectivity index (χ4n) is 3.90. The van der Waals surface area contributed by atoms with Gasteiger partial charge in [-0.1, -0.05) is 35.6 Å². The Morgan fingerprint density at radius 3 is 2.50 bits per heavy atom. The minimum atomic E-state index is -0.212. The molecule has 0 atom stereocenters. The fraction of sp³-hybridized carbons (Fsp3) is 0.0769. The first-order valence-electron chi connectivity index (χ1n) is 11.0. The molecule has 0 radical (unpaired) electrons. The molecule has 0 bridgehead atoms. The fourth-order valence-corrected chi connectivity index (χ4v) is 5.45. The molecule has 8 nitrogen and oxygen atoms in total. The van der Waals surface area contributed by atoms with E-state index in [1.165, 1.54) is 27.2 Å². The third-order valence-corrected chi connectivity index (χ3v) is 7.46. The Morgan fingerprint density at radius 2 is 1.78 bits per heavy atom. The first-order chi connectivity index (χ1) is 17.6. The molecule has 0 amide bonds. The number of hydrogen-bond acceptors (Lipinski definition) is 8. The standard InChI is InChI=1S/C26H19N5O3S2/c1-33-19-11-10-16(13-20(19)34-2)23-17(15-30(28-23)18-7-4-3-5-8-18)14-22-25(32)31-26(36-22)27-24(29-31)21-9-6-12-35-21/h3-15H,1-2H3. The van der Waals surface area contributed by atoms with Crippen LogP contribution in [-0.2, 0) is 0 Å². The van der Waals surface area contributed by atoms with Crippen LogP contribution in [-0.4, -0.2) is 38.6 Å². The summed E-state index contributed by atoms with van der Waals surface area (Å²) in [6.07, 6.45) is 3.75.